The van der Waals surface area contributed by atoms with E-state index in [4.69, 9.17) is 9.47 Å². The van der Waals surface area contributed by atoms with Gasteiger partial charge in [-0.2, -0.15) is 0 Å². The molecule has 1 aromatic rings. The zero-order valence-corrected chi connectivity index (χ0v) is 12.4. The maximum Gasteiger partial charge on any atom is 0.331 e. The molecule has 1 aromatic carbocycles. The minimum Gasteiger partial charge on any atom is -0.504 e. The third-order valence-electron chi connectivity index (χ3n) is 3.41. The van der Waals surface area contributed by atoms with Crippen LogP contribution in [0, 0.1) is 0 Å². The molecule has 0 unspecified atom stereocenters. The molecule has 1 aliphatic rings. The fraction of sp³-hybridized carbons (Fsp3) is 0.375. The number of phenols is 1. The molecule has 2 rings (SSSR count). The van der Waals surface area contributed by atoms with Crippen molar-refractivity contribution in [3.05, 3.63) is 29.8 Å². The van der Waals surface area contributed by atoms with Gasteiger partial charge in [-0.05, 0) is 36.6 Å². The zero-order chi connectivity index (χ0) is 15.9. The van der Waals surface area contributed by atoms with Crippen molar-refractivity contribution >= 4 is 18.0 Å². The van der Waals surface area contributed by atoms with Crippen molar-refractivity contribution in [2.45, 2.75) is 12.8 Å². The maximum atomic E-state index is 11.7. The zero-order valence-electron chi connectivity index (χ0n) is 12.4. The van der Waals surface area contributed by atoms with Gasteiger partial charge in [0.25, 0.3) is 5.91 Å². The summed E-state index contributed by atoms with van der Waals surface area (Å²) in [5.41, 5.74) is 0.678. The Kier molecular flexibility index (Phi) is 5.41. The van der Waals surface area contributed by atoms with Gasteiger partial charge in [-0.25, -0.2) is 4.79 Å². The van der Waals surface area contributed by atoms with E-state index >= 15 is 0 Å². The van der Waals surface area contributed by atoms with Crippen molar-refractivity contribution in [1.29, 1.82) is 0 Å². The van der Waals surface area contributed by atoms with E-state index in [-0.39, 0.29) is 18.3 Å². The predicted molar refractivity (Wildman–Crippen MR) is 80.5 cm³/mol. The fourth-order valence-electron chi connectivity index (χ4n) is 2.20. The third kappa shape index (κ3) is 4.25. The molecule has 1 fully saturated rings. The highest BCUT2D eigenvalue weighted by Gasteiger charge is 2.18. The van der Waals surface area contributed by atoms with E-state index in [1.54, 1.807) is 17.0 Å². The summed E-state index contributed by atoms with van der Waals surface area (Å²) in [5.74, 6) is -0.400. The first-order valence-corrected chi connectivity index (χ1v) is 7.10. The molecule has 118 valence electrons. The van der Waals surface area contributed by atoms with Gasteiger partial charge in [-0.3, -0.25) is 4.79 Å². The van der Waals surface area contributed by atoms with Gasteiger partial charge in [0.05, 0.1) is 7.11 Å². The number of hydrogen-bond acceptors (Lipinski definition) is 5. The number of likely N-dealkylation sites (tertiary alicyclic amines) is 1. The highest BCUT2D eigenvalue weighted by molar-refractivity contribution is 5.89. The smallest absolute Gasteiger partial charge is 0.331 e. The first-order chi connectivity index (χ1) is 10.6. The number of ether oxygens (including phenoxy) is 2. The van der Waals surface area contributed by atoms with E-state index in [1.807, 2.05) is 0 Å². The molecule has 22 heavy (non-hydrogen) atoms. The van der Waals surface area contributed by atoms with Crippen molar-refractivity contribution < 1.29 is 24.2 Å². The Labute approximate surface area is 128 Å². The molecule has 0 bridgehead atoms. The van der Waals surface area contributed by atoms with Crippen LogP contribution in [0.1, 0.15) is 18.4 Å². The van der Waals surface area contributed by atoms with Crippen molar-refractivity contribution in [1.82, 2.24) is 4.90 Å². The largest absolute Gasteiger partial charge is 0.504 e. The molecule has 6 nitrogen and oxygen atoms in total. The Morgan fingerprint density at radius 1 is 1.32 bits per heavy atom. The monoisotopic (exact) mass is 305 g/mol. The number of nitrogens with zero attached hydrogens (tertiary/aromatic N) is 1. The number of phenolic OH excluding ortho intramolecular Hbond substituents is 1. The molecule has 0 radical (unpaired) electrons. The van der Waals surface area contributed by atoms with Crippen LogP contribution in [0.15, 0.2) is 24.3 Å². The molecule has 0 aromatic heterocycles. The lowest BCUT2D eigenvalue weighted by Crippen LogP contribution is -2.31. The average molecular weight is 305 g/mol. The molecule has 0 saturated carbocycles. The van der Waals surface area contributed by atoms with E-state index in [0.29, 0.717) is 11.3 Å². The van der Waals surface area contributed by atoms with Gasteiger partial charge in [0.1, 0.15) is 0 Å². The second kappa shape index (κ2) is 7.49. The van der Waals surface area contributed by atoms with Gasteiger partial charge in [-0.1, -0.05) is 6.07 Å². The van der Waals surface area contributed by atoms with Gasteiger partial charge < -0.3 is 19.5 Å². The molecule has 0 aliphatic carbocycles. The van der Waals surface area contributed by atoms with Gasteiger partial charge >= 0.3 is 5.97 Å². The van der Waals surface area contributed by atoms with E-state index in [2.05, 4.69) is 0 Å². The van der Waals surface area contributed by atoms with Crippen molar-refractivity contribution in [3.63, 3.8) is 0 Å². The number of carbonyl (C=O) groups is 2. The molecular weight excluding hydrogens is 286 g/mol. The third-order valence-corrected chi connectivity index (χ3v) is 3.41. The lowest BCUT2D eigenvalue weighted by molar-refractivity contribution is -0.147. The topological polar surface area (TPSA) is 76.1 Å². The number of amides is 1. The Morgan fingerprint density at radius 2 is 2.05 bits per heavy atom. The molecule has 1 heterocycles. The van der Waals surface area contributed by atoms with Gasteiger partial charge in [0.15, 0.2) is 18.1 Å². The minimum atomic E-state index is -0.584. The van der Waals surface area contributed by atoms with Crippen LogP contribution in [0.4, 0.5) is 0 Å². The second-order valence-electron chi connectivity index (χ2n) is 4.96. The number of benzene rings is 1. The molecule has 0 spiro atoms. The lowest BCUT2D eigenvalue weighted by atomic mass is 10.2. The van der Waals surface area contributed by atoms with Crippen molar-refractivity contribution in [2.24, 2.45) is 0 Å². The van der Waals surface area contributed by atoms with E-state index in [1.165, 1.54) is 25.3 Å². The van der Waals surface area contributed by atoms with E-state index in [0.717, 1.165) is 25.9 Å². The van der Waals surface area contributed by atoms with Crippen molar-refractivity contribution in [2.75, 3.05) is 26.8 Å². The number of hydrogen-bond donors (Lipinski definition) is 1. The van der Waals surface area contributed by atoms with Gasteiger partial charge in [0, 0.05) is 19.2 Å². The molecule has 1 N–H and O–H groups in total. The van der Waals surface area contributed by atoms with E-state index in [9.17, 15) is 14.7 Å². The highest BCUT2D eigenvalue weighted by atomic mass is 16.5. The van der Waals surface area contributed by atoms with Crippen LogP contribution in [0.25, 0.3) is 6.08 Å². The molecular formula is C16H19NO5. The summed E-state index contributed by atoms with van der Waals surface area (Å²) in [6.45, 7) is 1.24. The normalized spacial score (nSPS) is 14.3. The lowest BCUT2D eigenvalue weighted by Gasteiger charge is -2.14. The Bertz CT molecular complexity index is 576. The van der Waals surface area contributed by atoms with Crippen LogP contribution in [0.5, 0.6) is 11.5 Å². The van der Waals surface area contributed by atoms with Crippen LogP contribution in [0.2, 0.25) is 0 Å². The Balaban J connectivity index is 1.84. The first-order valence-electron chi connectivity index (χ1n) is 7.10. The number of rotatable bonds is 5. The summed E-state index contributed by atoms with van der Waals surface area (Å²) in [6, 6.07) is 4.70. The summed E-state index contributed by atoms with van der Waals surface area (Å²) >= 11 is 0. The predicted octanol–water partition coefficient (Wildman–Crippen LogP) is 1.58. The van der Waals surface area contributed by atoms with Crippen LogP contribution >= 0.6 is 0 Å². The van der Waals surface area contributed by atoms with E-state index < -0.39 is 5.97 Å². The first kappa shape index (κ1) is 15.9. The SMILES string of the molecule is COc1cc(/C=C/C(=O)OCC(=O)N2CCCC2)ccc1O. The Morgan fingerprint density at radius 3 is 2.73 bits per heavy atom. The minimum absolute atomic E-state index is 0.0263. The molecule has 1 aliphatic heterocycles. The highest BCUT2D eigenvalue weighted by Crippen LogP contribution is 2.26. The number of methoxy groups -OCH3 is 1. The van der Waals surface area contributed by atoms with Crippen LogP contribution < -0.4 is 4.74 Å². The van der Waals surface area contributed by atoms with Crippen molar-refractivity contribution in [3.8, 4) is 11.5 Å². The Hall–Kier alpha value is -2.50. The molecule has 6 heteroatoms. The summed E-state index contributed by atoms with van der Waals surface area (Å²) in [6.07, 6.45) is 4.78. The van der Waals surface area contributed by atoms with Crippen LogP contribution in [-0.4, -0.2) is 48.7 Å². The molecule has 1 saturated heterocycles. The number of aromatic hydroxyl groups is 1. The second-order valence-corrected chi connectivity index (χ2v) is 4.96. The molecule has 1 amide bonds. The average Bonchev–Trinajstić information content (AvgIpc) is 3.06. The standard InChI is InChI=1S/C16H19NO5/c1-21-14-10-12(4-6-13(14)18)5-7-16(20)22-11-15(19)17-8-2-3-9-17/h4-7,10,18H,2-3,8-9,11H2,1H3/b7-5+. The summed E-state index contributed by atoms with van der Waals surface area (Å²) in [5, 5.41) is 9.48. The summed E-state index contributed by atoms with van der Waals surface area (Å²) < 4.78 is 9.90. The fourth-order valence-corrected chi connectivity index (χ4v) is 2.20. The van der Waals surface area contributed by atoms with Gasteiger partial charge in [0.2, 0.25) is 0 Å². The maximum absolute atomic E-state index is 11.7. The van der Waals surface area contributed by atoms with Gasteiger partial charge in [-0.15, -0.1) is 0 Å². The summed E-state index contributed by atoms with van der Waals surface area (Å²) in [7, 11) is 1.45. The number of carbonyl (C=O) groups excluding carboxylic acids is 2. The van der Waals surface area contributed by atoms with Crippen LogP contribution in [-0.2, 0) is 14.3 Å². The van der Waals surface area contributed by atoms with Crippen LogP contribution in [0.3, 0.4) is 0 Å². The quantitative estimate of drug-likeness (QED) is 0.660. The molecule has 0 atom stereocenters. The number of esters is 1. The summed E-state index contributed by atoms with van der Waals surface area (Å²) in [4.78, 5) is 25.0.